The van der Waals surface area contributed by atoms with E-state index in [9.17, 15) is 18.0 Å². The number of rotatable bonds is 5. The SMILES string of the molecule is CC(N)C1CCCCN1C(=O)c1ccc(S(=O)(=O)CC(=O)N(C)C)cc1.Cl. The van der Waals surface area contributed by atoms with Crippen LogP contribution in [-0.2, 0) is 14.6 Å². The molecule has 0 saturated carbocycles. The molecule has 152 valence electrons. The Balaban J connectivity index is 0.00000364. The second-order valence-corrected chi connectivity index (χ2v) is 8.98. The van der Waals surface area contributed by atoms with Gasteiger partial charge in [0.05, 0.1) is 4.90 Å². The van der Waals surface area contributed by atoms with Gasteiger partial charge in [0.25, 0.3) is 5.91 Å². The predicted octanol–water partition coefficient (Wildman–Crippen LogP) is 1.31. The van der Waals surface area contributed by atoms with Crippen LogP contribution in [0.25, 0.3) is 0 Å². The number of sulfone groups is 1. The molecular formula is C18H28ClN3O4S. The van der Waals surface area contributed by atoms with Crippen molar-refractivity contribution in [1.29, 1.82) is 0 Å². The van der Waals surface area contributed by atoms with Crippen LogP contribution in [0.4, 0.5) is 0 Å². The monoisotopic (exact) mass is 417 g/mol. The highest BCUT2D eigenvalue weighted by Crippen LogP contribution is 2.22. The van der Waals surface area contributed by atoms with Crippen LogP contribution in [0.2, 0.25) is 0 Å². The third-order valence-corrected chi connectivity index (χ3v) is 6.31. The molecule has 2 atom stereocenters. The molecular weight excluding hydrogens is 390 g/mol. The van der Waals surface area contributed by atoms with E-state index in [0.717, 1.165) is 19.3 Å². The number of nitrogens with two attached hydrogens (primary N) is 1. The molecule has 27 heavy (non-hydrogen) atoms. The van der Waals surface area contributed by atoms with Crippen LogP contribution in [0.15, 0.2) is 29.2 Å². The van der Waals surface area contributed by atoms with Gasteiger partial charge in [0.2, 0.25) is 5.91 Å². The van der Waals surface area contributed by atoms with E-state index in [0.29, 0.717) is 12.1 Å². The van der Waals surface area contributed by atoms with E-state index in [1.807, 2.05) is 6.92 Å². The number of hydrogen-bond donors (Lipinski definition) is 1. The summed E-state index contributed by atoms with van der Waals surface area (Å²) >= 11 is 0. The Labute approximate surface area is 167 Å². The molecule has 1 aromatic rings. The van der Waals surface area contributed by atoms with Crippen LogP contribution in [0.5, 0.6) is 0 Å². The quantitative estimate of drug-likeness (QED) is 0.778. The van der Waals surface area contributed by atoms with Crippen LogP contribution in [0.3, 0.4) is 0 Å². The van der Waals surface area contributed by atoms with Crippen molar-refractivity contribution in [1.82, 2.24) is 9.80 Å². The second-order valence-electron chi connectivity index (χ2n) is 6.99. The van der Waals surface area contributed by atoms with Crippen molar-refractivity contribution in [3.63, 3.8) is 0 Å². The van der Waals surface area contributed by atoms with Gasteiger partial charge in [-0.1, -0.05) is 0 Å². The second kappa shape index (κ2) is 9.52. The molecule has 7 nitrogen and oxygen atoms in total. The number of carbonyl (C=O) groups is 2. The van der Waals surface area contributed by atoms with Gasteiger partial charge in [-0.05, 0) is 50.5 Å². The molecule has 0 aliphatic carbocycles. The first kappa shape index (κ1) is 23.4. The Morgan fingerprint density at radius 2 is 1.81 bits per heavy atom. The van der Waals surface area contributed by atoms with Crippen molar-refractivity contribution in [2.45, 2.75) is 43.2 Å². The molecule has 1 saturated heterocycles. The standard InChI is InChI=1S/C18H27N3O4S.ClH/c1-13(19)16-6-4-5-11-21(16)18(23)14-7-9-15(10-8-14)26(24,25)12-17(22)20(2)3;/h7-10,13,16H,4-6,11-12,19H2,1-3H3;1H. The van der Waals surface area contributed by atoms with Crippen LogP contribution in [0, 0.1) is 0 Å². The zero-order chi connectivity index (χ0) is 19.5. The van der Waals surface area contributed by atoms with Gasteiger partial charge in [0, 0.05) is 38.3 Å². The van der Waals surface area contributed by atoms with E-state index in [-0.39, 0.29) is 35.3 Å². The molecule has 1 aliphatic heterocycles. The zero-order valence-electron chi connectivity index (χ0n) is 15.9. The Morgan fingerprint density at radius 1 is 1.22 bits per heavy atom. The van der Waals surface area contributed by atoms with Crippen molar-refractivity contribution < 1.29 is 18.0 Å². The van der Waals surface area contributed by atoms with Gasteiger partial charge >= 0.3 is 0 Å². The van der Waals surface area contributed by atoms with Gasteiger partial charge in [0.1, 0.15) is 5.75 Å². The summed E-state index contributed by atoms with van der Waals surface area (Å²) in [6, 6.07) is 5.66. The summed E-state index contributed by atoms with van der Waals surface area (Å²) < 4.78 is 24.6. The molecule has 1 aliphatic rings. The van der Waals surface area contributed by atoms with Gasteiger partial charge in [-0.3, -0.25) is 9.59 Å². The zero-order valence-corrected chi connectivity index (χ0v) is 17.6. The Bertz CT molecular complexity index is 763. The van der Waals surface area contributed by atoms with Crippen LogP contribution in [-0.4, -0.2) is 68.5 Å². The third-order valence-electron chi connectivity index (χ3n) is 4.69. The smallest absolute Gasteiger partial charge is 0.254 e. The molecule has 1 fully saturated rings. The summed E-state index contributed by atoms with van der Waals surface area (Å²) in [6.45, 7) is 2.55. The fourth-order valence-corrected chi connectivity index (χ4v) is 4.40. The Morgan fingerprint density at radius 3 is 2.33 bits per heavy atom. The highest BCUT2D eigenvalue weighted by Gasteiger charge is 2.30. The van der Waals surface area contributed by atoms with E-state index >= 15 is 0 Å². The van der Waals surface area contributed by atoms with E-state index in [1.54, 1.807) is 4.90 Å². The fraction of sp³-hybridized carbons (Fsp3) is 0.556. The number of hydrogen-bond acceptors (Lipinski definition) is 5. The van der Waals surface area contributed by atoms with Gasteiger partial charge < -0.3 is 15.5 Å². The van der Waals surface area contributed by atoms with E-state index in [2.05, 4.69) is 0 Å². The first-order chi connectivity index (χ1) is 12.1. The van der Waals surface area contributed by atoms with Gasteiger partial charge in [0.15, 0.2) is 9.84 Å². The van der Waals surface area contributed by atoms with Crippen molar-refractivity contribution in [3.05, 3.63) is 29.8 Å². The van der Waals surface area contributed by atoms with Gasteiger partial charge in [-0.25, -0.2) is 8.42 Å². The summed E-state index contributed by atoms with van der Waals surface area (Å²) in [5.74, 6) is -1.22. The van der Waals surface area contributed by atoms with Crippen molar-refractivity contribution in [2.24, 2.45) is 5.73 Å². The Hall–Kier alpha value is -1.64. The molecule has 2 unspecified atom stereocenters. The number of benzene rings is 1. The molecule has 2 rings (SSSR count). The molecule has 1 heterocycles. The lowest BCUT2D eigenvalue weighted by atomic mass is 9.96. The van der Waals surface area contributed by atoms with Crippen LogP contribution < -0.4 is 5.73 Å². The minimum absolute atomic E-state index is 0. The lowest BCUT2D eigenvalue weighted by Gasteiger charge is -2.38. The maximum Gasteiger partial charge on any atom is 0.254 e. The fourth-order valence-electron chi connectivity index (χ4n) is 3.10. The number of carbonyl (C=O) groups excluding carboxylic acids is 2. The molecule has 0 aromatic heterocycles. The largest absolute Gasteiger partial charge is 0.348 e. The first-order valence-electron chi connectivity index (χ1n) is 8.73. The number of likely N-dealkylation sites (tertiary alicyclic amines) is 1. The molecule has 0 spiro atoms. The summed E-state index contributed by atoms with van der Waals surface area (Å²) in [5.41, 5.74) is 6.44. The van der Waals surface area contributed by atoms with Crippen molar-refractivity contribution >= 4 is 34.1 Å². The van der Waals surface area contributed by atoms with Gasteiger partial charge in [-0.15, -0.1) is 12.4 Å². The third kappa shape index (κ3) is 5.67. The van der Waals surface area contributed by atoms with Crippen LogP contribution >= 0.6 is 12.4 Å². The normalized spacial score (nSPS) is 18.4. The Kier molecular flexibility index (Phi) is 8.25. The first-order valence-corrected chi connectivity index (χ1v) is 10.4. The lowest BCUT2D eigenvalue weighted by molar-refractivity contribution is -0.125. The molecule has 9 heteroatoms. The summed E-state index contributed by atoms with van der Waals surface area (Å²) in [7, 11) is -0.718. The highest BCUT2D eigenvalue weighted by atomic mass is 35.5. The minimum Gasteiger partial charge on any atom is -0.348 e. The molecule has 0 bridgehead atoms. The maximum absolute atomic E-state index is 12.8. The van der Waals surface area contributed by atoms with E-state index < -0.39 is 21.5 Å². The topological polar surface area (TPSA) is 101 Å². The van der Waals surface area contributed by atoms with Crippen molar-refractivity contribution in [2.75, 3.05) is 26.4 Å². The number of piperidine rings is 1. The number of halogens is 1. The summed E-state index contributed by atoms with van der Waals surface area (Å²) in [4.78, 5) is 27.5. The van der Waals surface area contributed by atoms with Crippen LogP contribution in [0.1, 0.15) is 36.5 Å². The minimum atomic E-state index is -3.73. The highest BCUT2D eigenvalue weighted by molar-refractivity contribution is 7.92. The maximum atomic E-state index is 12.8. The molecule has 2 N–H and O–H groups in total. The lowest BCUT2D eigenvalue weighted by Crippen LogP contribution is -2.51. The molecule has 0 radical (unpaired) electrons. The van der Waals surface area contributed by atoms with Gasteiger partial charge in [-0.2, -0.15) is 0 Å². The average molecular weight is 418 g/mol. The predicted molar refractivity (Wildman–Crippen MR) is 107 cm³/mol. The summed E-state index contributed by atoms with van der Waals surface area (Å²) in [5, 5.41) is 0. The van der Waals surface area contributed by atoms with E-state index in [1.165, 1.54) is 43.3 Å². The average Bonchev–Trinajstić information content (AvgIpc) is 2.60. The molecule has 2 amide bonds. The van der Waals surface area contributed by atoms with E-state index in [4.69, 9.17) is 5.73 Å². The number of amides is 2. The number of nitrogens with zero attached hydrogens (tertiary/aromatic N) is 2. The molecule has 1 aromatic carbocycles. The van der Waals surface area contributed by atoms with Crippen molar-refractivity contribution in [3.8, 4) is 0 Å². The summed E-state index contributed by atoms with van der Waals surface area (Å²) in [6.07, 6.45) is 2.86.